The lowest BCUT2D eigenvalue weighted by Crippen LogP contribution is -2.25. The quantitative estimate of drug-likeness (QED) is 0.892. The van der Waals surface area contributed by atoms with Gasteiger partial charge in [-0.3, -0.25) is 0 Å². The molecular formula is C14H17BrO4S. The first-order chi connectivity index (χ1) is 9.40. The van der Waals surface area contributed by atoms with Gasteiger partial charge in [0, 0.05) is 4.47 Å². The van der Waals surface area contributed by atoms with Gasteiger partial charge < -0.3 is 5.11 Å². The highest BCUT2D eigenvalue weighted by atomic mass is 79.9. The van der Waals surface area contributed by atoms with Crippen molar-refractivity contribution in [2.24, 2.45) is 0 Å². The Morgan fingerprint density at radius 3 is 2.45 bits per heavy atom. The Labute approximate surface area is 127 Å². The summed E-state index contributed by atoms with van der Waals surface area (Å²) in [7, 11) is -3.17. The fraction of sp³-hybridized carbons (Fsp3) is 0.500. The van der Waals surface area contributed by atoms with Crippen molar-refractivity contribution in [3.05, 3.63) is 33.8 Å². The smallest absolute Gasteiger partial charge is 0.335 e. The lowest BCUT2D eigenvalue weighted by molar-refractivity contribution is 0.0697. The topological polar surface area (TPSA) is 71.4 Å². The Balaban J connectivity index is 2.18. The summed E-state index contributed by atoms with van der Waals surface area (Å²) < 4.78 is 25.3. The molecule has 0 aliphatic heterocycles. The third-order valence-corrected chi connectivity index (χ3v) is 6.66. The van der Waals surface area contributed by atoms with Crippen LogP contribution in [0.5, 0.6) is 0 Å². The van der Waals surface area contributed by atoms with E-state index in [1.165, 1.54) is 12.1 Å². The van der Waals surface area contributed by atoms with Crippen LogP contribution in [0.15, 0.2) is 22.7 Å². The number of carboxylic acids is 1. The van der Waals surface area contributed by atoms with Crippen molar-refractivity contribution in [1.29, 1.82) is 0 Å². The predicted octanol–water partition coefficient (Wildman–Crippen LogP) is 3.39. The van der Waals surface area contributed by atoms with Crippen LogP contribution in [-0.4, -0.2) is 24.7 Å². The second-order valence-electron chi connectivity index (χ2n) is 5.18. The molecule has 0 radical (unpaired) electrons. The first-order valence-electron chi connectivity index (χ1n) is 6.63. The zero-order valence-electron chi connectivity index (χ0n) is 11.0. The minimum atomic E-state index is -3.17. The molecule has 20 heavy (non-hydrogen) atoms. The van der Waals surface area contributed by atoms with Crippen LogP contribution in [-0.2, 0) is 15.6 Å². The normalized spacial score (nSPS) is 17.1. The average Bonchev–Trinajstić information content (AvgIpc) is 2.41. The largest absolute Gasteiger partial charge is 0.478 e. The zero-order chi connectivity index (χ0) is 14.8. The van der Waals surface area contributed by atoms with E-state index in [-0.39, 0.29) is 16.6 Å². The Morgan fingerprint density at radius 2 is 1.90 bits per heavy atom. The van der Waals surface area contributed by atoms with Gasteiger partial charge in [-0.2, -0.15) is 0 Å². The molecule has 2 rings (SSSR count). The number of carbonyl (C=O) groups is 1. The van der Waals surface area contributed by atoms with E-state index in [4.69, 9.17) is 5.11 Å². The first kappa shape index (κ1) is 15.5. The van der Waals surface area contributed by atoms with Gasteiger partial charge in [0.05, 0.1) is 16.6 Å². The van der Waals surface area contributed by atoms with E-state index in [0.29, 0.717) is 10.0 Å². The number of hydrogen-bond acceptors (Lipinski definition) is 3. The summed E-state index contributed by atoms with van der Waals surface area (Å²) in [6.45, 7) is 0. The molecule has 1 fully saturated rings. The molecule has 0 unspecified atom stereocenters. The molecule has 0 aromatic heterocycles. The minimum absolute atomic E-state index is 0.0296. The molecule has 1 aromatic rings. The number of aromatic carboxylic acids is 1. The molecule has 1 aliphatic rings. The summed E-state index contributed by atoms with van der Waals surface area (Å²) in [6.07, 6.45) is 4.55. The summed E-state index contributed by atoms with van der Waals surface area (Å²) >= 11 is 3.26. The second-order valence-corrected chi connectivity index (χ2v) is 8.31. The molecule has 0 atom stereocenters. The molecule has 0 amide bonds. The van der Waals surface area contributed by atoms with E-state index in [1.807, 2.05) is 0 Å². The second kappa shape index (κ2) is 6.26. The molecule has 0 bridgehead atoms. The van der Waals surface area contributed by atoms with Crippen molar-refractivity contribution < 1.29 is 18.3 Å². The first-order valence-corrected chi connectivity index (χ1v) is 9.14. The minimum Gasteiger partial charge on any atom is -0.478 e. The summed E-state index contributed by atoms with van der Waals surface area (Å²) in [5.41, 5.74) is 0.774. The van der Waals surface area contributed by atoms with Gasteiger partial charge in [0.2, 0.25) is 0 Å². The van der Waals surface area contributed by atoms with Crippen LogP contribution in [0.4, 0.5) is 0 Å². The molecule has 1 aromatic carbocycles. The lowest BCUT2D eigenvalue weighted by atomic mass is 10.0. The maximum absolute atomic E-state index is 12.4. The van der Waals surface area contributed by atoms with Gasteiger partial charge in [-0.25, -0.2) is 13.2 Å². The highest BCUT2D eigenvalue weighted by Gasteiger charge is 2.28. The predicted molar refractivity (Wildman–Crippen MR) is 80.6 cm³/mol. The molecule has 6 heteroatoms. The van der Waals surface area contributed by atoms with Crippen molar-refractivity contribution in [2.75, 3.05) is 0 Å². The summed E-state index contributed by atoms with van der Waals surface area (Å²) in [5.74, 6) is -1.05. The van der Waals surface area contributed by atoms with E-state index in [2.05, 4.69) is 15.9 Å². The number of rotatable bonds is 4. The summed E-state index contributed by atoms with van der Waals surface area (Å²) in [5, 5.41) is 8.65. The molecule has 0 spiro atoms. The van der Waals surface area contributed by atoms with E-state index < -0.39 is 15.8 Å². The fourth-order valence-corrected chi connectivity index (χ4v) is 5.23. The summed E-state index contributed by atoms with van der Waals surface area (Å²) in [4.78, 5) is 10.9. The Bertz CT molecular complexity index is 604. The van der Waals surface area contributed by atoms with E-state index >= 15 is 0 Å². The van der Waals surface area contributed by atoms with Gasteiger partial charge in [0.25, 0.3) is 0 Å². The monoisotopic (exact) mass is 360 g/mol. The average molecular weight is 361 g/mol. The van der Waals surface area contributed by atoms with E-state index in [1.54, 1.807) is 6.07 Å². The van der Waals surface area contributed by atoms with Crippen molar-refractivity contribution in [2.45, 2.75) is 43.1 Å². The van der Waals surface area contributed by atoms with Crippen LogP contribution in [0.25, 0.3) is 0 Å². The standard InChI is InChI=1S/C14H17BrO4S/c15-13-8-10(14(16)17)6-7-11(13)9-20(18,19)12-4-2-1-3-5-12/h6-8,12H,1-5,9H2,(H,16,17). The van der Waals surface area contributed by atoms with Crippen LogP contribution in [0.2, 0.25) is 0 Å². The van der Waals surface area contributed by atoms with Crippen LogP contribution in [0, 0.1) is 0 Å². The number of halogens is 1. The molecule has 0 saturated heterocycles. The van der Waals surface area contributed by atoms with Crippen molar-refractivity contribution in [3.8, 4) is 0 Å². The van der Waals surface area contributed by atoms with Gasteiger partial charge in [0.1, 0.15) is 0 Å². The Hall–Kier alpha value is -0.880. The lowest BCUT2D eigenvalue weighted by Gasteiger charge is -2.22. The van der Waals surface area contributed by atoms with Crippen LogP contribution >= 0.6 is 15.9 Å². The van der Waals surface area contributed by atoms with Crippen molar-refractivity contribution in [3.63, 3.8) is 0 Å². The fourth-order valence-electron chi connectivity index (χ4n) is 2.56. The van der Waals surface area contributed by atoms with E-state index in [9.17, 15) is 13.2 Å². The zero-order valence-corrected chi connectivity index (χ0v) is 13.4. The molecule has 110 valence electrons. The van der Waals surface area contributed by atoms with Crippen molar-refractivity contribution >= 4 is 31.7 Å². The number of benzene rings is 1. The maximum Gasteiger partial charge on any atom is 0.335 e. The van der Waals surface area contributed by atoms with Crippen LogP contribution in [0.3, 0.4) is 0 Å². The van der Waals surface area contributed by atoms with Gasteiger partial charge >= 0.3 is 5.97 Å². The number of sulfone groups is 1. The highest BCUT2D eigenvalue weighted by molar-refractivity contribution is 9.10. The van der Waals surface area contributed by atoms with Gasteiger partial charge in [0.15, 0.2) is 9.84 Å². The molecule has 1 aliphatic carbocycles. The Morgan fingerprint density at radius 1 is 1.25 bits per heavy atom. The van der Waals surface area contributed by atoms with Gasteiger partial charge in [-0.15, -0.1) is 0 Å². The number of hydrogen-bond donors (Lipinski definition) is 1. The molecular weight excluding hydrogens is 344 g/mol. The van der Waals surface area contributed by atoms with Crippen LogP contribution < -0.4 is 0 Å². The molecule has 1 N–H and O–H groups in total. The van der Waals surface area contributed by atoms with Gasteiger partial charge in [-0.1, -0.05) is 41.3 Å². The van der Waals surface area contributed by atoms with Gasteiger partial charge in [-0.05, 0) is 30.5 Å². The SMILES string of the molecule is O=C(O)c1ccc(CS(=O)(=O)C2CCCCC2)c(Br)c1. The maximum atomic E-state index is 12.4. The number of carboxylic acid groups (broad SMARTS) is 1. The molecule has 0 heterocycles. The highest BCUT2D eigenvalue weighted by Crippen LogP contribution is 2.28. The third-order valence-electron chi connectivity index (χ3n) is 3.72. The van der Waals surface area contributed by atoms with E-state index in [0.717, 1.165) is 32.1 Å². The summed E-state index contributed by atoms with van der Waals surface area (Å²) in [6, 6.07) is 4.47. The Kier molecular flexibility index (Phi) is 4.86. The molecule has 1 saturated carbocycles. The van der Waals surface area contributed by atoms with Crippen LogP contribution in [0.1, 0.15) is 48.0 Å². The third kappa shape index (κ3) is 3.61. The molecule has 4 nitrogen and oxygen atoms in total. The van der Waals surface area contributed by atoms with Crippen molar-refractivity contribution in [1.82, 2.24) is 0 Å².